The molecule has 2 nitrogen and oxygen atoms in total. The summed E-state index contributed by atoms with van der Waals surface area (Å²) in [5.74, 6) is 0. The average molecular weight is 225 g/mol. The number of nitrogen functional groups attached to an aromatic ring is 1. The van der Waals surface area contributed by atoms with Crippen LogP contribution in [0.5, 0.6) is 0 Å². The first-order valence-corrected chi connectivity index (χ1v) is 5.68. The second-order valence-electron chi connectivity index (χ2n) is 4.01. The normalized spacial score (nSPS) is 10.2. The lowest BCUT2D eigenvalue weighted by atomic mass is 10.0. The van der Waals surface area contributed by atoms with Gasteiger partial charge in [-0.25, -0.2) is 0 Å². The maximum absolute atomic E-state index is 10.6. The van der Waals surface area contributed by atoms with Gasteiger partial charge in [0.1, 0.15) is 6.29 Å². The summed E-state index contributed by atoms with van der Waals surface area (Å²) in [5.41, 5.74) is 10.8. The van der Waals surface area contributed by atoms with Gasteiger partial charge in [0.25, 0.3) is 0 Å². The molecule has 2 N–H and O–H groups in total. The Morgan fingerprint density at radius 2 is 1.71 bits per heavy atom. The highest BCUT2D eigenvalue weighted by Gasteiger charge is 2.01. The molecule has 2 aromatic carbocycles. The largest absolute Gasteiger partial charge is 0.398 e. The molecule has 0 heterocycles. The highest BCUT2D eigenvalue weighted by atomic mass is 16.1. The fourth-order valence-electron chi connectivity index (χ4n) is 1.85. The smallest absolute Gasteiger partial charge is 0.150 e. The van der Waals surface area contributed by atoms with E-state index in [1.54, 1.807) is 0 Å². The molecule has 0 aliphatic rings. The summed E-state index contributed by atoms with van der Waals surface area (Å²) in [6.07, 6.45) is 1.79. The fourth-order valence-corrected chi connectivity index (χ4v) is 1.85. The Hall–Kier alpha value is -2.09. The summed E-state index contributed by atoms with van der Waals surface area (Å²) in [6, 6.07) is 13.6. The lowest BCUT2D eigenvalue weighted by molar-refractivity contribution is 0.112. The third-order valence-electron chi connectivity index (χ3n) is 2.91. The maximum Gasteiger partial charge on any atom is 0.150 e. The van der Waals surface area contributed by atoms with Crippen molar-refractivity contribution in [3.63, 3.8) is 0 Å². The van der Waals surface area contributed by atoms with E-state index in [1.807, 2.05) is 30.3 Å². The van der Waals surface area contributed by atoms with Crippen LogP contribution >= 0.6 is 0 Å². The molecule has 2 rings (SSSR count). The van der Waals surface area contributed by atoms with Gasteiger partial charge in [0.05, 0.1) is 0 Å². The van der Waals surface area contributed by atoms with Crippen molar-refractivity contribution in [3.05, 3.63) is 53.6 Å². The molecule has 0 aromatic heterocycles. The molecule has 0 bridgehead atoms. The topological polar surface area (TPSA) is 43.1 Å². The van der Waals surface area contributed by atoms with Crippen LogP contribution in [0.2, 0.25) is 0 Å². The Labute approximate surface area is 101 Å². The first-order valence-electron chi connectivity index (χ1n) is 5.68. The van der Waals surface area contributed by atoms with Gasteiger partial charge in [0.15, 0.2) is 0 Å². The quantitative estimate of drug-likeness (QED) is 0.643. The molecule has 86 valence electrons. The van der Waals surface area contributed by atoms with Crippen molar-refractivity contribution in [3.8, 4) is 11.1 Å². The van der Waals surface area contributed by atoms with Crippen molar-refractivity contribution in [1.82, 2.24) is 0 Å². The lowest BCUT2D eigenvalue weighted by Crippen LogP contribution is -1.93. The summed E-state index contributed by atoms with van der Waals surface area (Å²) in [5, 5.41) is 0. The van der Waals surface area contributed by atoms with E-state index >= 15 is 0 Å². The van der Waals surface area contributed by atoms with E-state index in [1.165, 1.54) is 5.56 Å². The highest BCUT2D eigenvalue weighted by molar-refractivity contribution is 5.77. The minimum absolute atomic E-state index is 0.687. The summed E-state index contributed by atoms with van der Waals surface area (Å²) in [6.45, 7) is 2.09. The van der Waals surface area contributed by atoms with Crippen LogP contribution in [0, 0.1) is 0 Å². The van der Waals surface area contributed by atoms with E-state index in [9.17, 15) is 4.79 Å². The molecule has 0 atom stereocenters. The Bertz CT molecular complexity index is 529. The summed E-state index contributed by atoms with van der Waals surface area (Å²) >= 11 is 0. The highest BCUT2D eigenvalue weighted by Crippen LogP contribution is 2.24. The standard InChI is InChI=1S/C15H15NO/c1-2-12-7-8-14(9-15(12)16)13-5-3-11(10-17)4-6-13/h3-10H,2,16H2,1H3. The Morgan fingerprint density at radius 1 is 1.06 bits per heavy atom. The van der Waals surface area contributed by atoms with E-state index in [4.69, 9.17) is 5.73 Å². The van der Waals surface area contributed by atoms with E-state index in [-0.39, 0.29) is 0 Å². The van der Waals surface area contributed by atoms with Crippen molar-refractivity contribution in [2.75, 3.05) is 5.73 Å². The van der Waals surface area contributed by atoms with Crippen LogP contribution < -0.4 is 5.73 Å². The molecule has 0 aliphatic heterocycles. The summed E-state index contributed by atoms with van der Waals surface area (Å²) < 4.78 is 0. The SMILES string of the molecule is CCc1ccc(-c2ccc(C=O)cc2)cc1N. The molecule has 2 aromatic rings. The van der Waals surface area contributed by atoms with Crippen LogP contribution in [-0.4, -0.2) is 6.29 Å². The van der Waals surface area contributed by atoms with Gasteiger partial charge in [-0.05, 0) is 29.2 Å². The van der Waals surface area contributed by atoms with Crippen LogP contribution in [0.1, 0.15) is 22.8 Å². The molecule has 0 saturated carbocycles. The lowest BCUT2D eigenvalue weighted by Gasteiger charge is -2.07. The number of hydrogen-bond acceptors (Lipinski definition) is 2. The van der Waals surface area contributed by atoms with E-state index < -0.39 is 0 Å². The maximum atomic E-state index is 10.6. The number of hydrogen-bond donors (Lipinski definition) is 1. The van der Waals surface area contributed by atoms with Gasteiger partial charge >= 0.3 is 0 Å². The van der Waals surface area contributed by atoms with Gasteiger partial charge in [-0.2, -0.15) is 0 Å². The van der Waals surface area contributed by atoms with E-state index in [0.717, 1.165) is 29.5 Å². The van der Waals surface area contributed by atoms with E-state index in [0.29, 0.717) is 5.56 Å². The first-order chi connectivity index (χ1) is 8.24. The van der Waals surface area contributed by atoms with Gasteiger partial charge in [-0.3, -0.25) is 4.79 Å². The van der Waals surface area contributed by atoms with E-state index in [2.05, 4.69) is 19.1 Å². The Morgan fingerprint density at radius 3 is 2.24 bits per heavy atom. The second-order valence-corrected chi connectivity index (χ2v) is 4.01. The van der Waals surface area contributed by atoms with Gasteiger partial charge in [0.2, 0.25) is 0 Å². The zero-order chi connectivity index (χ0) is 12.3. The molecule has 0 saturated heterocycles. The number of aldehydes is 1. The van der Waals surface area contributed by atoms with Crippen molar-refractivity contribution in [2.24, 2.45) is 0 Å². The third-order valence-corrected chi connectivity index (χ3v) is 2.91. The van der Waals surface area contributed by atoms with Crippen LogP contribution in [-0.2, 0) is 6.42 Å². The number of rotatable bonds is 3. The number of nitrogens with two attached hydrogens (primary N) is 1. The minimum atomic E-state index is 0.687. The number of aryl methyl sites for hydroxylation is 1. The molecule has 2 heteroatoms. The molecule has 0 aliphatic carbocycles. The third kappa shape index (κ3) is 2.36. The van der Waals surface area contributed by atoms with Crippen molar-refractivity contribution in [2.45, 2.75) is 13.3 Å². The number of carbonyl (C=O) groups is 1. The predicted octanol–water partition coefficient (Wildman–Crippen LogP) is 3.31. The molecule has 0 spiro atoms. The van der Waals surface area contributed by atoms with Crippen molar-refractivity contribution < 1.29 is 4.79 Å². The van der Waals surface area contributed by atoms with Crippen LogP contribution in [0.15, 0.2) is 42.5 Å². The molecule has 0 amide bonds. The molecule has 17 heavy (non-hydrogen) atoms. The van der Waals surface area contributed by atoms with Crippen LogP contribution in [0.4, 0.5) is 5.69 Å². The van der Waals surface area contributed by atoms with Crippen molar-refractivity contribution in [1.29, 1.82) is 0 Å². The first kappa shape index (κ1) is 11.4. The van der Waals surface area contributed by atoms with Gasteiger partial charge in [-0.1, -0.05) is 43.3 Å². The van der Waals surface area contributed by atoms with Gasteiger partial charge in [-0.15, -0.1) is 0 Å². The number of carbonyl (C=O) groups excluding carboxylic acids is 1. The molecule has 0 radical (unpaired) electrons. The fraction of sp³-hybridized carbons (Fsp3) is 0.133. The average Bonchev–Trinajstić information content (AvgIpc) is 2.39. The zero-order valence-corrected chi connectivity index (χ0v) is 9.81. The Kier molecular flexibility index (Phi) is 3.24. The van der Waals surface area contributed by atoms with Gasteiger partial charge in [0, 0.05) is 11.3 Å². The Balaban J connectivity index is 2.38. The minimum Gasteiger partial charge on any atom is -0.398 e. The summed E-state index contributed by atoms with van der Waals surface area (Å²) in [4.78, 5) is 10.6. The predicted molar refractivity (Wildman–Crippen MR) is 71.1 cm³/mol. The number of anilines is 1. The molecule has 0 fully saturated rings. The van der Waals surface area contributed by atoms with Crippen LogP contribution in [0.3, 0.4) is 0 Å². The van der Waals surface area contributed by atoms with Gasteiger partial charge < -0.3 is 5.73 Å². The molecular weight excluding hydrogens is 210 g/mol. The number of benzene rings is 2. The molecule has 0 unspecified atom stereocenters. The monoisotopic (exact) mass is 225 g/mol. The summed E-state index contributed by atoms with van der Waals surface area (Å²) in [7, 11) is 0. The zero-order valence-electron chi connectivity index (χ0n) is 9.81. The van der Waals surface area contributed by atoms with Crippen molar-refractivity contribution >= 4 is 12.0 Å². The van der Waals surface area contributed by atoms with Crippen LogP contribution in [0.25, 0.3) is 11.1 Å². The second kappa shape index (κ2) is 4.83. The molecular formula is C15H15NO.